The predicted octanol–water partition coefficient (Wildman–Crippen LogP) is 3.14. The minimum absolute atomic E-state index is 0.290. The van der Waals surface area contributed by atoms with Crippen molar-refractivity contribution < 1.29 is 14.3 Å². The number of carbonyl (C=O) groups excluding carboxylic acids is 1. The maximum atomic E-state index is 12.7. The van der Waals surface area contributed by atoms with Crippen LogP contribution in [-0.4, -0.2) is 30.3 Å². The smallest absolute Gasteiger partial charge is 0.263 e. The number of nitrogens with one attached hydrogen (secondary N) is 2. The summed E-state index contributed by atoms with van der Waals surface area (Å²) in [6, 6.07) is 9.05. The summed E-state index contributed by atoms with van der Waals surface area (Å²) in [5, 5.41) is 10.8. The first-order valence-electron chi connectivity index (χ1n) is 7.10. The summed E-state index contributed by atoms with van der Waals surface area (Å²) >= 11 is 0. The van der Waals surface area contributed by atoms with Crippen LogP contribution < -0.4 is 14.8 Å². The number of rotatable bonds is 4. The molecule has 0 spiro atoms. The van der Waals surface area contributed by atoms with E-state index in [1.165, 1.54) is 14.2 Å². The monoisotopic (exact) mass is 311 g/mol. The molecule has 1 aromatic heterocycles. The van der Waals surface area contributed by atoms with E-state index >= 15 is 0 Å². The van der Waals surface area contributed by atoms with Crippen LogP contribution in [0.4, 0.5) is 5.69 Å². The highest BCUT2D eigenvalue weighted by Gasteiger charge is 2.19. The van der Waals surface area contributed by atoms with Crippen molar-refractivity contribution in [1.82, 2.24) is 10.2 Å². The summed E-state index contributed by atoms with van der Waals surface area (Å²) in [7, 11) is 3.04. The molecule has 23 heavy (non-hydrogen) atoms. The summed E-state index contributed by atoms with van der Waals surface area (Å²) in [6.45, 7) is 1.93. The van der Waals surface area contributed by atoms with Gasteiger partial charge < -0.3 is 14.8 Å². The van der Waals surface area contributed by atoms with Gasteiger partial charge in [-0.05, 0) is 36.8 Å². The summed E-state index contributed by atoms with van der Waals surface area (Å²) < 4.78 is 10.6. The maximum absolute atomic E-state index is 12.7. The molecule has 0 aliphatic heterocycles. The minimum atomic E-state index is -0.290. The Morgan fingerprint density at radius 3 is 2.52 bits per heavy atom. The van der Waals surface area contributed by atoms with E-state index in [0.717, 1.165) is 16.5 Å². The molecule has 3 aromatic rings. The second-order valence-corrected chi connectivity index (χ2v) is 5.12. The third-order valence-electron chi connectivity index (χ3n) is 3.69. The van der Waals surface area contributed by atoms with Gasteiger partial charge in [0.15, 0.2) is 0 Å². The summed E-state index contributed by atoms with van der Waals surface area (Å²) in [5.74, 6) is 0.630. The molecule has 0 unspecified atom stereocenters. The van der Waals surface area contributed by atoms with Crippen molar-refractivity contribution in [2.24, 2.45) is 0 Å². The minimum Gasteiger partial charge on any atom is -0.496 e. The molecule has 2 N–H and O–H groups in total. The number of nitrogens with zero attached hydrogens (tertiary/aromatic N) is 1. The van der Waals surface area contributed by atoms with Crippen LogP contribution in [0.2, 0.25) is 0 Å². The zero-order chi connectivity index (χ0) is 16.4. The van der Waals surface area contributed by atoms with Crippen LogP contribution in [-0.2, 0) is 0 Å². The zero-order valence-electron chi connectivity index (χ0n) is 13.1. The first kappa shape index (κ1) is 14.9. The average molecular weight is 311 g/mol. The Hall–Kier alpha value is -3.02. The number of H-pyrrole nitrogens is 1. The Bertz CT molecular complexity index is 848. The second-order valence-electron chi connectivity index (χ2n) is 5.12. The van der Waals surface area contributed by atoms with Crippen LogP contribution in [0.1, 0.15) is 15.9 Å². The van der Waals surface area contributed by atoms with Gasteiger partial charge in [-0.25, -0.2) is 0 Å². The number of aromatic nitrogens is 2. The van der Waals surface area contributed by atoms with Gasteiger partial charge in [0.25, 0.3) is 5.91 Å². The topological polar surface area (TPSA) is 76.2 Å². The predicted molar refractivity (Wildman–Crippen MR) is 88.3 cm³/mol. The first-order chi connectivity index (χ1) is 11.1. The highest BCUT2D eigenvalue weighted by atomic mass is 16.5. The fraction of sp³-hybridized carbons (Fsp3) is 0.176. The molecule has 2 aromatic carbocycles. The van der Waals surface area contributed by atoms with Gasteiger partial charge in [0.05, 0.1) is 25.9 Å². The van der Waals surface area contributed by atoms with Gasteiger partial charge in [0.1, 0.15) is 17.1 Å². The van der Waals surface area contributed by atoms with Crippen molar-refractivity contribution in [3.63, 3.8) is 0 Å². The van der Waals surface area contributed by atoms with E-state index in [1.807, 2.05) is 19.1 Å². The van der Waals surface area contributed by atoms with Gasteiger partial charge >= 0.3 is 0 Å². The summed E-state index contributed by atoms with van der Waals surface area (Å²) in [5.41, 5.74) is 2.88. The number of ether oxygens (including phenoxy) is 2. The van der Waals surface area contributed by atoms with Crippen molar-refractivity contribution in [2.45, 2.75) is 6.92 Å². The van der Waals surface area contributed by atoms with Gasteiger partial charge in [0, 0.05) is 11.1 Å². The summed E-state index contributed by atoms with van der Waals surface area (Å²) in [6.07, 6.45) is 1.75. The lowest BCUT2D eigenvalue weighted by Crippen LogP contribution is -2.15. The molecule has 1 amide bonds. The third-order valence-corrected chi connectivity index (χ3v) is 3.69. The molecule has 118 valence electrons. The number of methoxy groups -OCH3 is 2. The zero-order valence-corrected chi connectivity index (χ0v) is 13.1. The molecule has 6 heteroatoms. The molecule has 0 saturated carbocycles. The average Bonchev–Trinajstić information content (AvgIpc) is 3.01. The van der Waals surface area contributed by atoms with Gasteiger partial charge in [0.2, 0.25) is 0 Å². The Morgan fingerprint density at radius 1 is 1.17 bits per heavy atom. The van der Waals surface area contributed by atoms with E-state index in [2.05, 4.69) is 15.5 Å². The van der Waals surface area contributed by atoms with Crippen molar-refractivity contribution in [3.8, 4) is 11.5 Å². The number of anilines is 1. The SMILES string of the molecule is COc1cccc(OC)c1C(=O)Nc1cc2[nH]ncc2cc1C. The van der Waals surface area contributed by atoms with E-state index in [1.54, 1.807) is 24.4 Å². The molecule has 0 saturated heterocycles. The van der Waals surface area contributed by atoms with Crippen molar-refractivity contribution >= 4 is 22.5 Å². The fourth-order valence-corrected chi connectivity index (χ4v) is 2.50. The van der Waals surface area contributed by atoms with Crippen LogP contribution in [0, 0.1) is 6.92 Å². The van der Waals surface area contributed by atoms with Crippen molar-refractivity contribution in [1.29, 1.82) is 0 Å². The molecule has 6 nitrogen and oxygen atoms in total. The highest BCUT2D eigenvalue weighted by Crippen LogP contribution is 2.30. The van der Waals surface area contributed by atoms with Crippen LogP contribution in [0.15, 0.2) is 36.5 Å². The lowest BCUT2D eigenvalue weighted by atomic mass is 10.1. The van der Waals surface area contributed by atoms with Crippen LogP contribution >= 0.6 is 0 Å². The van der Waals surface area contributed by atoms with Crippen LogP contribution in [0.5, 0.6) is 11.5 Å². The largest absolute Gasteiger partial charge is 0.496 e. The number of aryl methyl sites for hydroxylation is 1. The number of hydrogen-bond donors (Lipinski definition) is 2. The molecule has 0 bridgehead atoms. The van der Waals surface area contributed by atoms with Gasteiger partial charge in [-0.3, -0.25) is 9.89 Å². The van der Waals surface area contributed by atoms with E-state index in [0.29, 0.717) is 22.7 Å². The Morgan fingerprint density at radius 2 is 1.87 bits per heavy atom. The van der Waals surface area contributed by atoms with Gasteiger partial charge in [-0.1, -0.05) is 6.07 Å². The number of benzene rings is 2. The molecule has 0 fully saturated rings. The molecule has 0 atom stereocenters. The number of fused-ring (bicyclic) bond motifs is 1. The number of amides is 1. The number of carbonyl (C=O) groups is 1. The number of aromatic amines is 1. The van der Waals surface area contributed by atoms with Crippen molar-refractivity contribution in [2.75, 3.05) is 19.5 Å². The standard InChI is InChI=1S/C17H17N3O3/c1-10-7-11-9-18-20-13(11)8-12(10)19-17(21)16-14(22-2)5-4-6-15(16)23-3/h4-9H,1-3H3,(H,18,20)(H,19,21). The van der Waals surface area contributed by atoms with Crippen LogP contribution in [0.3, 0.4) is 0 Å². The third kappa shape index (κ3) is 2.70. The lowest BCUT2D eigenvalue weighted by molar-refractivity contribution is 0.102. The second kappa shape index (κ2) is 6.00. The lowest BCUT2D eigenvalue weighted by Gasteiger charge is -2.14. The quantitative estimate of drug-likeness (QED) is 0.776. The number of hydrogen-bond acceptors (Lipinski definition) is 4. The molecule has 0 aliphatic carbocycles. The van der Waals surface area contributed by atoms with E-state index in [-0.39, 0.29) is 5.91 Å². The molecule has 0 radical (unpaired) electrons. The van der Waals surface area contributed by atoms with E-state index < -0.39 is 0 Å². The molecule has 0 aliphatic rings. The van der Waals surface area contributed by atoms with E-state index in [9.17, 15) is 4.79 Å². The molecule has 3 rings (SSSR count). The first-order valence-corrected chi connectivity index (χ1v) is 7.10. The maximum Gasteiger partial charge on any atom is 0.263 e. The van der Waals surface area contributed by atoms with Crippen molar-refractivity contribution in [3.05, 3.63) is 47.7 Å². The fourth-order valence-electron chi connectivity index (χ4n) is 2.50. The molecular formula is C17H17N3O3. The van der Waals surface area contributed by atoms with Gasteiger partial charge in [-0.2, -0.15) is 5.10 Å². The molecular weight excluding hydrogens is 294 g/mol. The summed E-state index contributed by atoms with van der Waals surface area (Å²) in [4.78, 5) is 12.7. The highest BCUT2D eigenvalue weighted by molar-refractivity contribution is 6.09. The van der Waals surface area contributed by atoms with Gasteiger partial charge in [-0.15, -0.1) is 0 Å². The Kier molecular flexibility index (Phi) is 3.89. The molecule has 1 heterocycles. The Labute approximate surface area is 133 Å². The van der Waals surface area contributed by atoms with E-state index in [4.69, 9.17) is 9.47 Å². The van der Waals surface area contributed by atoms with Crippen LogP contribution in [0.25, 0.3) is 10.9 Å². The normalized spacial score (nSPS) is 10.6. The Balaban J connectivity index is 1.99.